The van der Waals surface area contributed by atoms with E-state index < -0.39 is 11.9 Å². The minimum absolute atomic E-state index is 0. The molecule has 20 heavy (non-hydrogen) atoms. The maximum atomic E-state index is 12.5. The molecule has 2 aromatic rings. The van der Waals surface area contributed by atoms with Crippen LogP contribution < -0.4 is 5.73 Å². The lowest BCUT2D eigenvalue weighted by molar-refractivity contribution is -0.141. The van der Waals surface area contributed by atoms with Crippen LogP contribution in [-0.2, 0) is 19.3 Å². The fourth-order valence-corrected chi connectivity index (χ4v) is 1.69. The molecule has 0 saturated carbocycles. The quantitative estimate of drug-likeness (QED) is 0.948. The molecule has 2 N–H and O–H groups in total. The lowest BCUT2D eigenvalue weighted by atomic mass is 10.2. The van der Waals surface area contributed by atoms with Crippen molar-refractivity contribution in [2.24, 2.45) is 5.73 Å². The monoisotopic (exact) mass is 306 g/mol. The number of nitrogens with zero attached hydrogens (tertiary/aromatic N) is 3. The average Bonchev–Trinajstić information content (AvgIpc) is 2.78. The SMILES string of the molecule is Cc1nc(C(F)(F)F)ccc1Cn1cc(CN)cn1.Cl. The number of hydrogen-bond acceptors (Lipinski definition) is 3. The minimum Gasteiger partial charge on any atom is -0.326 e. The summed E-state index contributed by atoms with van der Waals surface area (Å²) in [6.45, 7) is 2.30. The Bertz CT molecular complexity index is 580. The van der Waals surface area contributed by atoms with Gasteiger partial charge < -0.3 is 5.73 Å². The second-order valence-electron chi connectivity index (χ2n) is 4.19. The molecule has 0 bridgehead atoms. The molecule has 8 heteroatoms. The molecular weight excluding hydrogens is 293 g/mol. The van der Waals surface area contributed by atoms with Crippen LogP contribution in [0.3, 0.4) is 0 Å². The maximum absolute atomic E-state index is 12.5. The van der Waals surface area contributed by atoms with E-state index in [1.54, 1.807) is 24.0 Å². The first-order valence-corrected chi connectivity index (χ1v) is 5.65. The van der Waals surface area contributed by atoms with Gasteiger partial charge in [0.15, 0.2) is 0 Å². The van der Waals surface area contributed by atoms with Gasteiger partial charge in [-0.1, -0.05) is 6.07 Å². The van der Waals surface area contributed by atoms with E-state index in [-0.39, 0.29) is 12.4 Å². The molecule has 2 heterocycles. The molecule has 0 spiro atoms. The van der Waals surface area contributed by atoms with Crippen molar-refractivity contribution in [3.8, 4) is 0 Å². The van der Waals surface area contributed by atoms with Crippen molar-refractivity contribution in [3.05, 3.63) is 47.0 Å². The number of aromatic nitrogens is 3. The Kier molecular flexibility index (Phi) is 5.13. The number of aryl methyl sites for hydroxylation is 1. The van der Waals surface area contributed by atoms with Crippen molar-refractivity contribution in [3.63, 3.8) is 0 Å². The summed E-state index contributed by atoms with van der Waals surface area (Å²) in [6.07, 6.45) is -1.02. The van der Waals surface area contributed by atoms with Gasteiger partial charge in [-0.25, -0.2) is 4.98 Å². The van der Waals surface area contributed by atoms with E-state index in [4.69, 9.17) is 5.73 Å². The Morgan fingerprint density at radius 1 is 1.30 bits per heavy atom. The number of alkyl halides is 3. The van der Waals surface area contributed by atoms with Gasteiger partial charge in [-0.05, 0) is 18.6 Å². The molecule has 0 radical (unpaired) electrons. The van der Waals surface area contributed by atoms with E-state index in [2.05, 4.69) is 10.1 Å². The minimum atomic E-state index is -4.41. The van der Waals surface area contributed by atoms with Crippen molar-refractivity contribution >= 4 is 12.4 Å². The van der Waals surface area contributed by atoms with Crippen LogP contribution in [0.15, 0.2) is 24.5 Å². The molecule has 0 atom stereocenters. The molecule has 0 saturated heterocycles. The lowest BCUT2D eigenvalue weighted by Gasteiger charge is -2.10. The fourth-order valence-electron chi connectivity index (χ4n) is 1.69. The summed E-state index contributed by atoms with van der Waals surface area (Å²) in [5.74, 6) is 0. The largest absolute Gasteiger partial charge is 0.433 e. The molecule has 2 aromatic heterocycles. The van der Waals surface area contributed by atoms with E-state index in [0.29, 0.717) is 24.3 Å². The van der Waals surface area contributed by atoms with Crippen LogP contribution in [0.25, 0.3) is 0 Å². The first-order valence-electron chi connectivity index (χ1n) is 5.65. The van der Waals surface area contributed by atoms with E-state index in [1.165, 1.54) is 6.07 Å². The van der Waals surface area contributed by atoms with Gasteiger partial charge in [0.05, 0.1) is 12.7 Å². The molecule has 0 aliphatic rings. The van der Waals surface area contributed by atoms with Gasteiger partial charge in [0.1, 0.15) is 5.69 Å². The number of halogens is 4. The maximum Gasteiger partial charge on any atom is 0.433 e. The Hall–Kier alpha value is -1.60. The first kappa shape index (κ1) is 16.5. The summed E-state index contributed by atoms with van der Waals surface area (Å²) in [6, 6.07) is 2.41. The molecule has 2 rings (SSSR count). The van der Waals surface area contributed by atoms with Gasteiger partial charge in [0.2, 0.25) is 0 Å². The van der Waals surface area contributed by atoms with Gasteiger partial charge in [-0.15, -0.1) is 12.4 Å². The summed E-state index contributed by atoms with van der Waals surface area (Å²) < 4.78 is 39.1. The van der Waals surface area contributed by atoms with E-state index in [1.807, 2.05) is 0 Å². The van der Waals surface area contributed by atoms with Crippen LogP contribution in [-0.4, -0.2) is 14.8 Å². The normalized spacial score (nSPS) is 11.2. The predicted molar refractivity (Wildman–Crippen MR) is 70.4 cm³/mol. The molecule has 0 aliphatic carbocycles. The highest BCUT2D eigenvalue weighted by Gasteiger charge is 2.32. The van der Waals surface area contributed by atoms with E-state index >= 15 is 0 Å². The number of pyridine rings is 1. The lowest BCUT2D eigenvalue weighted by Crippen LogP contribution is -2.11. The molecule has 0 unspecified atom stereocenters. The highest BCUT2D eigenvalue weighted by Crippen LogP contribution is 2.28. The second kappa shape index (κ2) is 6.23. The number of nitrogens with two attached hydrogens (primary N) is 1. The van der Waals surface area contributed by atoms with Crippen molar-refractivity contribution in [1.82, 2.24) is 14.8 Å². The zero-order chi connectivity index (χ0) is 14.0. The summed E-state index contributed by atoms with van der Waals surface area (Å²) in [5.41, 5.74) is 6.50. The number of hydrogen-bond donors (Lipinski definition) is 1. The van der Waals surface area contributed by atoms with Crippen molar-refractivity contribution in [2.45, 2.75) is 26.2 Å². The van der Waals surface area contributed by atoms with Gasteiger partial charge in [0.25, 0.3) is 0 Å². The molecule has 0 fully saturated rings. The summed E-state index contributed by atoms with van der Waals surface area (Å²) >= 11 is 0. The van der Waals surface area contributed by atoms with Crippen molar-refractivity contribution < 1.29 is 13.2 Å². The van der Waals surface area contributed by atoms with E-state index in [0.717, 1.165) is 11.6 Å². The summed E-state index contributed by atoms with van der Waals surface area (Å²) in [5, 5.41) is 4.08. The summed E-state index contributed by atoms with van der Waals surface area (Å²) in [7, 11) is 0. The zero-order valence-electron chi connectivity index (χ0n) is 10.7. The van der Waals surface area contributed by atoms with Crippen molar-refractivity contribution in [2.75, 3.05) is 0 Å². The molecule has 0 amide bonds. The fraction of sp³-hybridized carbons (Fsp3) is 0.333. The molecule has 4 nitrogen and oxygen atoms in total. The average molecular weight is 307 g/mol. The highest BCUT2D eigenvalue weighted by molar-refractivity contribution is 5.85. The van der Waals surface area contributed by atoms with Crippen LogP contribution in [0.4, 0.5) is 13.2 Å². The van der Waals surface area contributed by atoms with Gasteiger partial charge in [-0.2, -0.15) is 18.3 Å². The second-order valence-corrected chi connectivity index (χ2v) is 4.19. The topological polar surface area (TPSA) is 56.7 Å². The third-order valence-corrected chi connectivity index (χ3v) is 2.74. The van der Waals surface area contributed by atoms with E-state index in [9.17, 15) is 13.2 Å². The molecule has 0 aliphatic heterocycles. The Morgan fingerprint density at radius 2 is 2.00 bits per heavy atom. The molecular formula is C12H14ClF3N4. The third-order valence-electron chi connectivity index (χ3n) is 2.74. The Balaban J connectivity index is 0.00000200. The zero-order valence-corrected chi connectivity index (χ0v) is 11.5. The smallest absolute Gasteiger partial charge is 0.326 e. The standard InChI is InChI=1S/C12H13F3N4.ClH/c1-8-10(2-3-11(18-8)12(13,14)15)7-19-6-9(4-16)5-17-19;/h2-3,5-6H,4,7,16H2,1H3;1H. The van der Waals surface area contributed by atoms with Crippen molar-refractivity contribution in [1.29, 1.82) is 0 Å². The Morgan fingerprint density at radius 3 is 2.50 bits per heavy atom. The van der Waals surface area contributed by atoms with Gasteiger partial charge >= 0.3 is 6.18 Å². The number of rotatable bonds is 3. The Labute approximate surface area is 120 Å². The van der Waals surface area contributed by atoms with Crippen LogP contribution >= 0.6 is 12.4 Å². The first-order chi connectivity index (χ1) is 8.90. The van der Waals surface area contributed by atoms with Gasteiger partial charge in [0, 0.05) is 24.0 Å². The third kappa shape index (κ3) is 3.71. The summed E-state index contributed by atoms with van der Waals surface area (Å²) in [4.78, 5) is 3.58. The molecule has 110 valence electrons. The highest BCUT2D eigenvalue weighted by atomic mass is 35.5. The predicted octanol–water partition coefficient (Wildman–Crippen LogP) is 2.53. The van der Waals surface area contributed by atoms with Crippen LogP contribution in [0.2, 0.25) is 0 Å². The molecule has 0 aromatic carbocycles. The van der Waals surface area contributed by atoms with Crippen LogP contribution in [0.5, 0.6) is 0 Å². The van der Waals surface area contributed by atoms with Crippen LogP contribution in [0.1, 0.15) is 22.5 Å². The van der Waals surface area contributed by atoms with Crippen LogP contribution in [0, 0.1) is 6.92 Å². The van der Waals surface area contributed by atoms with Gasteiger partial charge in [-0.3, -0.25) is 4.68 Å².